The van der Waals surface area contributed by atoms with Crippen LogP contribution in [0.3, 0.4) is 0 Å². The zero-order valence-corrected chi connectivity index (χ0v) is 18.6. The van der Waals surface area contributed by atoms with E-state index in [1.54, 1.807) is 24.5 Å². The molecule has 2 aromatic heterocycles. The second kappa shape index (κ2) is 9.74. The van der Waals surface area contributed by atoms with Crippen LogP contribution in [-0.4, -0.2) is 31.4 Å². The number of nitrogens with zero attached hydrogens (tertiary/aromatic N) is 4. The molecular formula is C24H22FN5OS. The first kappa shape index (κ1) is 21.7. The van der Waals surface area contributed by atoms with Crippen molar-refractivity contribution in [1.29, 1.82) is 0 Å². The number of carbonyl (C=O) groups excluding carboxylic acids is 1. The Balaban J connectivity index is 1.54. The van der Waals surface area contributed by atoms with Crippen LogP contribution in [0.25, 0.3) is 17.1 Å². The Kier molecular flexibility index (Phi) is 6.61. The van der Waals surface area contributed by atoms with E-state index in [9.17, 15) is 9.18 Å². The Bertz CT molecular complexity index is 1230. The van der Waals surface area contributed by atoms with Crippen molar-refractivity contribution < 1.29 is 9.18 Å². The van der Waals surface area contributed by atoms with Gasteiger partial charge in [-0.25, -0.2) is 4.39 Å². The molecule has 8 heteroatoms. The number of hydrogen-bond acceptors (Lipinski definition) is 5. The first-order chi connectivity index (χ1) is 15.5. The largest absolute Gasteiger partial charge is 0.351 e. The summed E-state index contributed by atoms with van der Waals surface area (Å²) < 4.78 is 15.0. The molecule has 0 aliphatic rings. The van der Waals surface area contributed by atoms with Crippen LogP contribution in [0.2, 0.25) is 0 Å². The summed E-state index contributed by atoms with van der Waals surface area (Å²) in [5.74, 6) is 0.427. The van der Waals surface area contributed by atoms with E-state index in [1.165, 1.54) is 29.5 Å². The predicted molar refractivity (Wildman–Crippen MR) is 123 cm³/mol. The third kappa shape index (κ3) is 5.03. The van der Waals surface area contributed by atoms with Crippen LogP contribution in [0.4, 0.5) is 4.39 Å². The maximum atomic E-state index is 13.0. The number of benzene rings is 2. The number of thioether (sulfide) groups is 1. The molecule has 2 aromatic carbocycles. The average molecular weight is 448 g/mol. The van der Waals surface area contributed by atoms with Crippen LogP contribution in [-0.2, 0) is 11.3 Å². The summed E-state index contributed by atoms with van der Waals surface area (Å²) in [6.07, 6.45) is 3.43. The van der Waals surface area contributed by atoms with E-state index in [0.717, 1.165) is 22.4 Å². The summed E-state index contributed by atoms with van der Waals surface area (Å²) in [6.45, 7) is 4.47. The van der Waals surface area contributed by atoms with Gasteiger partial charge in [0.2, 0.25) is 5.91 Å². The molecule has 0 spiro atoms. The van der Waals surface area contributed by atoms with Gasteiger partial charge in [0.15, 0.2) is 11.0 Å². The fraction of sp³-hybridized carbons (Fsp3) is 0.167. The fourth-order valence-electron chi connectivity index (χ4n) is 3.13. The number of aromatic nitrogens is 4. The number of pyridine rings is 1. The Morgan fingerprint density at radius 1 is 1.00 bits per heavy atom. The van der Waals surface area contributed by atoms with Gasteiger partial charge in [-0.3, -0.25) is 14.3 Å². The molecule has 4 aromatic rings. The van der Waals surface area contributed by atoms with Crippen molar-refractivity contribution in [2.45, 2.75) is 25.5 Å². The van der Waals surface area contributed by atoms with Gasteiger partial charge in [-0.1, -0.05) is 30.0 Å². The van der Waals surface area contributed by atoms with Crippen molar-refractivity contribution >= 4 is 17.7 Å². The third-order valence-corrected chi connectivity index (χ3v) is 5.98. The molecule has 1 amide bonds. The van der Waals surface area contributed by atoms with Gasteiger partial charge >= 0.3 is 0 Å². The van der Waals surface area contributed by atoms with Gasteiger partial charge in [-0.2, -0.15) is 0 Å². The van der Waals surface area contributed by atoms with Crippen molar-refractivity contribution in [3.63, 3.8) is 0 Å². The van der Waals surface area contributed by atoms with Crippen molar-refractivity contribution in [1.82, 2.24) is 25.1 Å². The van der Waals surface area contributed by atoms with Gasteiger partial charge in [0.05, 0.1) is 11.4 Å². The predicted octanol–water partition coefficient (Wildman–Crippen LogP) is 4.49. The summed E-state index contributed by atoms with van der Waals surface area (Å²) in [4.78, 5) is 16.5. The summed E-state index contributed by atoms with van der Waals surface area (Å²) in [5, 5.41) is 12.2. The fourth-order valence-corrected chi connectivity index (χ4v) is 3.91. The minimum atomic E-state index is -0.300. The van der Waals surface area contributed by atoms with E-state index in [1.807, 2.05) is 22.8 Å². The molecule has 32 heavy (non-hydrogen) atoms. The number of nitrogens with one attached hydrogen (secondary N) is 1. The Morgan fingerprint density at radius 2 is 1.75 bits per heavy atom. The van der Waals surface area contributed by atoms with Gasteiger partial charge < -0.3 is 5.32 Å². The van der Waals surface area contributed by atoms with Crippen LogP contribution < -0.4 is 5.32 Å². The number of amides is 1. The lowest BCUT2D eigenvalue weighted by molar-refractivity contribution is -0.118. The standard InChI is InChI=1S/C24H22FN5OS/c1-16-3-8-21(13-17(16)2)30-23(19-9-11-26-12-10-19)28-29-24(30)32-15-22(31)27-14-18-4-6-20(25)7-5-18/h3-13H,14-15H2,1-2H3,(H,27,31). The maximum Gasteiger partial charge on any atom is 0.230 e. The summed E-state index contributed by atoms with van der Waals surface area (Å²) in [5.41, 5.74) is 5.01. The van der Waals surface area contributed by atoms with E-state index in [0.29, 0.717) is 17.5 Å². The molecule has 4 rings (SSSR count). The van der Waals surface area contributed by atoms with Crippen LogP contribution in [0.1, 0.15) is 16.7 Å². The number of halogens is 1. The SMILES string of the molecule is Cc1ccc(-n2c(SCC(=O)NCc3ccc(F)cc3)nnc2-c2ccncc2)cc1C. The lowest BCUT2D eigenvalue weighted by Gasteiger charge is -2.12. The number of rotatable bonds is 7. The Morgan fingerprint density at radius 3 is 2.47 bits per heavy atom. The average Bonchev–Trinajstić information content (AvgIpc) is 3.23. The topological polar surface area (TPSA) is 72.7 Å². The summed E-state index contributed by atoms with van der Waals surface area (Å²) in [6, 6.07) is 16.0. The molecule has 0 atom stereocenters. The number of hydrogen-bond donors (Lipinski definition) is 1. The Hall–Kier alpha value is -3.52. The first-order valence-electron chi connectivity index (χ1n) is 10.1. The molecule has 0 fully saturated rings. The zero-order valence-electron chi connectivity index (χ0n) is 17.7. The van der Waals surface area contributed by atoms with Crippen LogP contribution in [0.5, 0.6) is 0 Å². The van der Waals surface area contributed by atoms with E-state index in [4.69, 9.17) is 0 Å². The van der Waals surface area contributed by atoms with Gasteiger partial charge in [-0.15, -0.1) is 10.2 Å². The summed E-state index contributed by atoms with van der Waals surface area (Å²) in [7, 11) is 0. The molecule has 2 heterocycles. The molecule has 0 aliphatic carbocycles. The minimum Gasteiger partial charge on any atom is -0.351 e. The molecule has 0 saturated heterocycles. The molecule has 0 saturated carbocycles. The molecule has 6 nitrogen and oxygen atoms in total. The molecule has 0 radical (unpaired) electrons. The minimum absolute atomic E-state index is 0.139. The van der Waals surface area contributed by atoms with Gasteiger partial charge in [0, 0.05) is 24.5 Å². The normalized spacial score (nSPS) is 10.8. The zero-order chi connectivity index (χ0) is 22.5. The van der Waals surface area contributed by atoms with E-state index in [-0.39, 0.29) is 17.5 Å². The highest BCUT2D eigenvalue weighted by molar-refractivity contribution is 7.99. The summed E-state index contributed by atoms with van der Waals surface area (Å²) >= 11 is 1.31. The highest BCUT2D eigenvalue weighted by Gasteiger charge is 2.17. The first-order valence-corrected chi connectivity index (χ1v) is 11.1. The van der Waals surface area contributed by atoms with Crippen LogP contribution in [0.15, 0.2) is 72.1 Å². The highest BCUT2D eigenvalue weighted by Crippen LogP contribution is 2.28. The second-order valence-corrected chi connectivity index (χ2v) is 8.28. The van der Waals surface area contributed by atoms with E-state index >= 15 is 0 Å². The second-order valence-electron chi connectivity index (χ2n) is 7.34. The maximum absolute atomic E-state index is 13.0. The van der Waals surface area contributed by atoms with Crippen molar-refractivity contribution in [3.05, 3.63) is 89.5 Å². The molecule has 1 N–H and O–H groups in total. The van der Waals surface area contributed by atoms with Crippen LogP contribution >= 0.6 is 11.8 Å². The lowest BCUT2D eigenvalue weighted by atomic mass is 10.1. The molecule has 0 unspecified atom stereocenters. The molecule has 0 aliphatic heterocycles. The molecule has 162 valence electrons. The number of carbonyl (C=O) groups is 1. The number of aryl methyl sites for hydroxylation is 2. The third-order valence-electron chi connectivity index (χ3n) is 5.06. The smallest absolute Gasteiger partial charge is 0.230 e. The van der Waals surface area contributed by atoms with E-state index in [2.05, 4.69) is 46.5 Å². The quantitative estimate of drug-likeness (QED) is 0.423. The Labute approximate surface area is 189 Å². The lowest BCUT2D eigenvalue weighted by Crippen LogP contribution is -2.24. The van der Waals surface area contributed by atoms with E-state index < -0.39 is 0 Å². The highest BCUT2D eigenvalue weighted by atomic mass is 32.2. The van der Waals surface area contributed by atoms with Crippen molar-refractivity contribution in [2.75, 3.05) is 5.75 Å². The van der Waals surface area contributed by atoms with Gasteiger partial charge in [0.25, 0.3) is 0 Å². The van der Waals surface area contributed by atoms with Gasteiger partial charge in [0.1, 0.15) is 5.82 Å². The molecular weight excluding hydrogens is 425 g/mol. The monoisotopic (exact) mass is 447 g/mol. The molecule has 0 bridgehead atoms. The van der Waals surface area contributed by atoms with Crippen molar-refractivity contribution in [3.8, 4) is 17.1 Å². The van der Waals surface area contributed by atoms with Gasteiger partial charge in [-0.05, 0) is 66.9 Å². The van der Waals surface area contributed by atoms with Crippen LogP contribution in [0, 0.1) is 19.7 Å². The van der Waals surface area contributed by atoms with Crippen molar-refractivity contribution in [2.24, 2.45) is 0 Å².